The maximum atomic E-state index is 11.1. The monoisotopic (exact) mass is 418 g/mol. The lowest BCUT2D eigenvalue weighted by molar-refractivity contribution is -0.0294. The zero-order valence-corrected chi connectivity index (χ0v) is 19.1. The van der Waals surface area contributed by atoms with Gasteiger partial charge in [0.05, 0.1) is 17.9 Å². The van der Waals surface area contributed by atoms with Gasteiger partial charge in [-0.3, -0.25) is 9.58 Å². The Morgan fingerprint density at radius 3 is 2.63 bits per heavy atom. The lowest BCUT2D eigenvalue weighted by Crippen LogP contribution is -2.34. The molecule has 4 rings (SSSR count). The molecule has 1 saturated heterocycles. The van der Waals surface area contributed by atoms with Crippen molar-refractivity contribution in [2.45, 2.75) is 83.4 Å². The number of nitrogens with zero attached hydrogens (tertiary/aromatic N) is 4. The van der Waals surface area contributed by atoms with Crippen molar-refractivity contribution in [3.05, 3.63) is 17.0 Å². The van der Waals surface area contributed by atoms with E-state index in [4.69, 9.17) is 14.9 Å². The van der Waals surface area contributed by atoms with Crippen molar-refractivity contribution in [1.82, 2.24) is 19.6 Å². The molecule has 3 heterocycles. The van der Waals surface area contributed by atoms with E-state index < -0.39 is 6.09 Å². The number of hydrogen-bond donors (Lipinski definition) is 1. The average Bonchev–Trinajstić information content (AvgIpc) is 3.34. The lowest BCUT2D eigenvalue weighted by atomic mass is 9.71. The fourth-order valence-electron chi connectivity index (χ4n) is 5.83. The molecule has 168 valence electrons. The van der Waals surface area contributed by atoms with Crippen LogP contribution in [0.1, 0.15) is 75.2 Å². The van der Waals surface area contributed by atoms with Gasteiger partial charge in [0, 0.05) is 44.5 Å². The molecule has 2 fully saturated rings. The molecule has 0 bridgehead atoms. The van der Waals surface area contributed by atoms with Gasteiger partial charge in [-0.2, -0.15) is 5.10 Å². The van der Waals surface area contributed by atoms with Gasteiger partial charge in [0.15, 0.2) is 0 Å². The number of aryl methyl sites for hydroxylation is 1. The molecule has 2 aliphatic heterocycles. The first-order valence-electron chi connectivity index (χ1n) is 11.5. The van der Waals surface area contributed by atoms with Crippen LogP contribution in [0.4, 0.5) is 4.79 Å². The van der Waals surface area contributed by atoms with E-state index in [0.29, 0.717) is 24.4 Å². The molecular weight excluding hydrogens is 380 g/mol. The van der Waals surface area contributed by atoms with Gasteiger partial charge in [0.1, 0.15) is 0 Å². The van der Waals surface area contributed by atoms with Crippen LogP contribution in [0.5, 0.6) is 0 Å². The third-order valence-electron chi connectivity index (χ3n) is 7.40. The molecule has 1 spiro atoms. The summed E-state index contributed by atoms with van der Waals surface area (Å²) in [6.07, 6.45) is 7.33. The Hall–Kier alpha value is -1.60. The van der Waals surface area contributed by atoms with Crippen molar-refractivity contribution in [2.75, 3.05) is 33.8 Å². The lowest BCUT2D eigenvalue weighted by Gasteiger charge is -2.37. The van der Waals surface area contributed by atoms with Crippen LogP contribution in [0.25, 0.3) is 0 Å². The minimum Gasteiger partial charge on any atom is -0.465 e. The predicted octanol–water partition coefficient (Wildman–Crippen LogP) is 3.71. The van der Waals surface area contributed by atoms with E-state index in [2.05, 4.69) is 30.5 Å². The molecule has 1 saturated carbocycles. The number of aromatic nitrogens is 2. The SMILES string of the molecule is CN(CCN(C)C(=O)O)Cc1nn2c(c1[C@H]1CC[C@@]3(CC1)CC(C)(C)CO3)CCC2. The molecule has 7 nitrogen and oxygen atoms in total. The van der Waals surface area contributed by atoms with Crippen LogP contribution < -0.4 is 0 Å². The number of likely N-dealkylation sites (N-methyl/N-ethyl adjacent to an activating group) is 2. The van der Waals surface area contributed by atoms with E-state index in [1.165, 1.54) is 47.5 Å². The Bertz CT molecular complexity index is 780. The number of carboxylic acid groups (broad SMARTS) is 1. The molecule has 30 heavy (non-hydrogen) atoms. The smallest absolute Gasteiger partial charge is 0.407 e. The third-order valence-corrected chi connectivity index (χ3v) is 7.40. The molecule has 1 amide bonds. The molecule has 0 atom stereocenters. The number of rotatable bonds is 6. The largest absolute Gasteiger partial charge is 0.465 e. The fraction of sp³-hybridized carbons (Fsp3) is 0.826. The summed E-state index contributed by atoms with van der Waals surface area (Å²) < 4.78 is 8.58. The molecule has 1 N–H and O–H groups in total. The van der Waals surface area contributed by atoms with Crippen LogP contribution in [0.3, 0.4) is 0 Å². The van der Waals surface area contributed by atoms with E-state index in [9.17, 15) is 4.79 Å². The van der Waals surface area contributed by atoms with E-state index in [1.54, 1.807) is 7.05 Å². The highest BCUT2D eigenvalue weighted by Crippen LogP contribution is 2.50. The second-order valence-corrected chi connectivity index (χ2v) is 10.7. The van der Waals surface area contributed by atoms with Crippen molar-refractivity contribution < 1.29 is 14.6 Å². The highest BCUT2D eigenvalue weighted by Gasteiger charge is 2.47. The summed E-state index contributed by atoms with van der Waals surface area (Å²) in [7, 11) is 3.69. The van der Waals surface area contributed by atoms with E-state index in [0.717, 1.165) is 39.0 Å². The normalized spacial score (nSPS) is 27.7. The summed E-state index contributed by atoms with van der Waals surface area (Å²) in [6.45, 7) is 8.58. The molecule has 3 aliphatic rings. The van der Waals surface area contributed by atoms with Crippen molar-refractivity contribution >= 4 is 6.09 Å². The van der Waals surface area contributed by atoms with E-state index in [-0.39, 0.29) is 5.60 Å². The Balaban J connectivity index is 1.44. The molecule has 1 aromatic rings. The summed E-state index contributed by atoms with van der Waals surface area (Å²) in [5.41, 5.74) is 4.57. The first-order valence-corrected chi connectivity index (χ1v) is 11.5. The Morgan fingerprint density at radius 1 is 1.27 bits per heavy atom. The van der Waals surface area contributed by atoms with Crippen LogP contribution in [0.15, 0.2) is 0 Å². The van der Waals surface area contributed by atoms with E-state index in [1.807, 2.05) is 0 Å². The maximum absolute atomic E-state index is 11.1. The highest BCUT2D eigenvalue weighted by molar-refractivity contribution is 5.64. The molecule has 1 aromatic heterocycles. The number of fused-ring (bicyclic) bond motifs is 1. The minimum absolute atomic E-state index is 0.106. The molecule has 1 aliphatic carbocycles. The molecule has 7 heteroatoms. The van der Waals surface area contributed by atoms with Crippen molar-refractivity contribution in [2.24, 2.45) is 5.41 Å². The zero-order valence-electron chi connectivity index (χ0n) is 19.1. The number of hydrogen-bond acceptors (Lipinski definition) is 4. The van der Waals surface area contributed by atoms with Gasteiger partial charge in [0.25, 0.3) is 0 Å². The second-order valence-electron chi connectivity index (χ2n) is 10.7. The molecular formula is C23H38N4O3. The first-order chi connectivity index (χ1) is 14.2. The van der Waals surface area contributed by atoms with Gasteiger partial charge >= 0.3 is 6.09 Å². The summed E-state index contributed by atoms with van der Waals surface area (Å²) in [5, 5.41) is 14.1. The Labute approximate surface area is 180 Å². The van der Waals surface area contributed by atoms with Crippen LogP contribution >= 0.6 is 0 Å². The van der Waals surface area contributed by atoms with Gasteiger partial charge in [-0.1, -0.05) is 13.8 Å². The van der Waals surface area contributed by atoms with Gasteiger partial charge in [-0.15, -0.1) is 0 Å². The second kappa shape index (κ2) is 8.15. The molecule has 0 aromatic carbocycles. The Kier molecular flexibility index (Phi) is 5.88. The summed E-state index contributed by atoms with van der Waals surface area (Å²) >= 11 is 0. The van der Waals surface area contributed by atoms with Crippen LogP contribution in [-0.4, -0.2) is 70.2 Å². The first kappa shape index (κ1) is 21.6. The molecule has 0 radical (unpaired) electrons. The maximum Gasteiger partial charge on any atom is 0.407 e. The van der Waals surface area contributed by atoms with Gasteiger partial charge in [0.2, 0.25) is 0 Å². The summed E-state index contributed by atoms with van der Waals surface area (Å²) in [4.78, 5) is 14.6. The number of carbonyl (C=O) groups is 1. The van der Waals surface area contributed by atoms with Crippen molar-refractivity contribution in [1.29, 1.82) is 0 Å². The van der Waals surface area contributed by atoms with Crippen molar-refractivity contribution in [3.63, 3.8) is 0 Å². The van der Waals surface area contributed by atoms with Crippen LogP contribution in [-0.2, 0) is 24.2 Å². The highest BCUT2D eigenvalue weighted by atomic mass is 16.5. The van der Waals surface area contributed by atoms with E-state index >= 15 is 0 Å². The quantitative estimate of drug-likeness (QED) is 0.762. The van der Waals surface area contributed by atoms with Gasteiger partial charge in [-0.05, 0) is 63.3 Å². The number of ether oxygens (including phenoxy) is 1. The average molecular weight is 419 g/mol. The summed E-state index contributed by atoms with van der Waals surface area (Å²) in [5.74, 6) is 0.579. The Morgan fingerprint density at radius 2 is 2.00 bits per heavy atom. The number of amides is 1. The third kappa shape index (κ3) is 4.37. The predicted molar refractivity (Wildman–Crippen MR) is 116 cm³/mol. The standard InChI is InChI=1S/C23H38N4O3/c1-22(2)15-23(30-16-22)9-7-17(8-10-23)20-18(24-27-11-5-6-19(20)27)14-25(3)12-13-26(4)21(28)29/h17H,5-16H2,1-4H3,(H,28,29)/t17-,23+. The minimum atomic E-state index is -0.876. The van der Waals surface area contributed by atoms with Gasteiger partial charge < -0.3 is 14.7 Å². The van der Waals surface area contributed by atoms with Crippen molar-refractivity contribution in [3.8, 4) is 0 Å². The van der Waals surface area contributed by atoms with Crippen LogP contribution in [0.2, 0.25) is 0 Å². The molecule has 0 unspecified atom stereocenters. The topological polar surface area (TPSA) is 70.8 Å². The van der Waals surface area contributed by atoms with Crippen LogP contribution in [0, 0.1) is 5.41 Å². The summed E-state index contributed by atoms with van der Waals surface area (Å²) in [6, 6.07) is 0. The van der Waals surface area contributed by atoms with Gasteiger partial charge in [-0.25, -0.2) is 4.79 Å². The zero-order chi connectivity index (χ0) is 21.5. The fourth-order valence-corrected chi connectivity index (χ4v) is 5.83.